The van der Waals surface area contributed by atoms with Gasteiger partial charge < -0.3 is 16.2 Å². The van der Waals surface area contributed by atoms with Crippen molar-refractivity contribution in [3.63, 3.8) is 0 Å². The summed E-state index contributed by atoms with van der Waals surface area (Å²) in [5.74, 6) is 0.555. The first-order valence-corrected chi connectivity index (χ1v) is 5.30. The number of aliphatic hydroxyl groups is 1. The Morgan fingerprint density at radius 1 is 1.38 bits per heavy atom. The predicted molar refractivity (Wildman–Crippen MR) is 65.5 cm³/mol. The number of hydrogen-bond acceptors (Lipinski definition) is 5. The van der Waals surface area contributed by atoms with Crippen LogP contribution in [-0.4, -0.2) is 26.2 Å². The lowest BCUT2D eigenvalue weighted by Crippen LogP contribution is -2.51. The fourth-order valence-electron chi connectivity index (χ4n) is 0.917. The number of rotatable bonds is 3. The predicted octanol–water partition coefficient (Wildman–Crippen LogP) is 1.67. The van der Waals surface area contributed by atoms with E-state index in [2.05, 4.69) is 15.3 Å². The second kappa shape index (κ2) is 4.07. The average Bonchev–Trinajstić information content (AvgIpc) is 2.09. The zero-order valence-corrected chi connectivity index (χ0v) is 10.6. The summed E-state index contributed by atoms with van der Waals surface area (Å²) < 4.78 is 0. The van der Waals surface area contributed by atoms with E-state index in [1.807, 2.05) is 13.8 Å². The highest BCUT2D eigenvalue weighted by atomic mass is 35.5. The molecular formula is C10H17ClN4O. The monoisotopic (exact) mass is 244 g/mol. The topological polar surface area (TPSA) is 84.1 Å². The van der Waals surface area contributed by atoms with Crippen LogP contribution in [0.3, 0.4) is 0 Å². The SMILES string of the molecule is CC(C)(O)C(C)(C)Nc1nc(N)ncc1Cl. The number of nitrogens with one attached hydrogen (secondary N) is 1. The van der Waals surface area contributed by atoms with E-state index in [9.17, 15) is 5.11 Å². The summed E-state index contributed by atoms with van der Waals surface area (Å²) in [5.41, 5.74) is 3.94. The molecule has 6 heteroatoms. The average molecular weight is 245 g/mol. The van der Waals surface area contributed by atoms with Crippen molar-refractivity contribution in [2.75, 3.05) is 11.1 Å². The maximum absolute atomic E-state index is 9.99. The molecule has 5 nitrogen and oxygen atoms in total. The van der Waals surface area contributed by atoms with Gasteiger partial charge in [0.15, 0.2) is 5.82 Å². The molecular weight excluding hydrogens is 228 g/mol. The van der Waals surface area contributed by atoms with E-state index in [-0.39, 0.29) is 5.95 Å². The molecule has 1 aromatic heterocycles. The lowest BCUT2D eigenvalue weighted by molar-refractivity contribution is 0.0239. The fraction of sp³-hybridized carbons (Fsp3) is 0.600. The molecule has 0 aliphatic heterocycles. The molecule has 0 unspecified atom stereocenters. The molecule has 1 heterocycles. The molecule has 1 rings (SSSR count). The number of nitrogens with zero attached hydrogens (tertiary/aromatic N) is 2. The van der Waals surface area contributed by atoms with Gasteiger partial charge in [0.25, 0.3) is 0 Å². The summed E-state index contributed by atoms with van der Waals surface area (Å²) in [6.07, 6.45) is 1.42. The molecule has 0 atom stereocenters. The minimum Gasteiger partial charge on any atom is -0.388 e. The van der Waals surface area contributed by atoms with Crippen LogP contribution in [0.5, 0.6) is 0 Å². The summed E-state index contributed by atoms with van der Waals surface area (Å²) in [7, 11) is 0. The molecule has 16 heavy (non-hydrogen) atoms. The molecule has 0 aliphatic carbocycles. The Morgan fingerprint density at radius 2 is 1.94 bits per heavy atom. The van der Waals surface area contributed by atoms with E-state index in [0.717, 1.165) is 0 Å². The number of anilines is 2. The maximum atomic E-state index is 9.99. The van der Waals surface area contributed by atoms with Crippen LogP contribution in [0, 0.1) is 0 Å². The first-order chi connectivity index (χ1) is 7.13. The molecule has 0 aliphatic rings. The maximum Gasteiger partial charge on any atom is 0.222 e. The van der Waals surface area contributed by atoms with Crippen LogP contribution in [0.15, 0.2) is 6.20 Å². The number of aromatic nitrogens is 2. The van der Waals surface area contributed by atoms with Crippen molar-refractivity contribution in [3.8, 4) is 0 Å². The summed E-state index contributed by atoms with van der Waals surface area (Å²) in [5, 5.41) is 13.4. The number of halogens is 1. The van der Waals surface area contributed by atoms with Crippen molar-refractivity contribution in [1.29, 1.82) is 0 Å². The Bertz CT molecular complexity index is 387. The summed E-state index contributed by atoms with van der Waals surface area (Å²) in [4.78, 5) is 7.75. The molecule has 0 amide bonds. The van der Waals surface area contributed by atoms with Crippen LogP contribution in [0.4, 0.5) is 11.8 Å². The van der Waals surface area contributed by atoms with Gasteiger partial charge in [0, 0.05) is 0 Å². The summed E-state index contributed by atoms with van der Waals surface area (Å²) in [6, 6.07) is 0. The minimum atomic E-state index is -0.934. The van der Waals surface area contributed by atoms with Crippen LogP contribution in [-0.2, 0) is 0 Å². The molecule has 0 fully saturated rings. The number of nitrogens with two attached hydrogens (primary N) is 1. The number of hydrogen-bond donors (Lipinski definition) is 3. The number of nitrogen functional groups attached to an aromatic ring is 1. The molecule has 0 saturated carbocycles. The standard InChI is InChI=1S/C10H17ClN4O/c1-9(2,10(3,4)16)15-7-6(11)5-13-8(12)14-7/h5,16H,1-4H3,(H3,12,13,14,15). The zero-order chi connectivity index (χ0) is 12.6. The Hall–Kier alpha value is -1.07. The lowest BCUT2D eigenvalue weighted by Gasteiger charge is -2.38. The van der Waals surface area contributed by atoms with Crippen LogP contribution in [0.1, 0.15) is 27.7 Å². The van der Waals surface area contributed by atoms with Gasteiger partial charge in [-0.1, -0.05) is 11.6 Å². The molecule has 0 radical (unpaired) electrons. The van der Waals surface area contributed by atoms with Gasteiger partial charge in [0.2, 0.25) is 5.95 Å². The highest BCUT2D eigenvalue weighted by molar-refractivity contribution is 6.32. The van der Waals surface area contributed by atoms with Crippen LogP contribution in [0.25, 0.3) is 0 Å². The Morgan fingerprint density at radius 3 is 2.44 bits per heavy atom. The second-order valence-electron chi connectivity index (χ2n) is 4.73. The van der Waals surface area contributed by atoms with Gasteiger partial charge in [-0.3, -0.25) is 0 Å². The van der Waals surface area contributed by atoms with E-state index < -0.39 is 11.1 Å². The first-order valence-electron chi connectivity index (χ1n) is 4.92. The quantitative estimate of drug-likeness (QED) is 0.753. The van der Waals surface area contributed by atoms with Gasteiger partial charge >= 0.3 is 0 Å². The third-order valence-electron chi connectivity index (χ3n) is 2.72. The van der Waals surface area contributed by atoms with Crippen LogP contribution in [0.2, 0.25) is 5.02 Å². The highest BCUT2D eigenvalue weighted by Crippen LogP contribution is 2.28. The normalized spacial score (nSPS) is 12.6. The van der Waals surface area contributed by atoms with E-state index in [4.69, 9.17) is 17.3 Å². The van der Waals surface area contributed by atoms with Crippen LogP contribution < -0.4 is 11.1 Å². The van der Waals surface area contributed by atoms with Crippen molar-refractivity contribution in [2.24, 2.45) is 0 Å². The van der Waals surface area contributed by atoms with Crippen molar-refractivity contribution >= 4 is 23.4 Å². The van der Waals surface area contributed by atoms with E-state index in [1.54, 1.807) is 13.8 Å². The molecule has 0 bridgehead atoms. The van der Waals surface area contributed by atoms with Crippen molar-refractivity contribution in [2.45, 2.75) is 38.8 Å². The summed E-state index contributed by atoms with van der Waals surface area (Å²) >= 11 is 5.93. The highest BCUT2D eigenvalue weighted by Gasteiger charge is 2.35. The van der Waals surface area contributed by atoms with Gasteiger partial charge in [-0.2, -0.15) is 4.98 Å². The third-order valence-corrected chi connectivity index (χ3v) is 3.00. The molecule has 0 saturated heterocycles. The molecule has 0 aromatic carbocycles. The Labute approximate surface area is 100 Å². The van der Waals surface area contributed by atoms with Gasteiger partial charge in [-0.15, -0.1) is 0 Å². The fourth-order valence-corrected chi connectivity index (χ4v) is 1.06. The Balaban J connectivity index is 3.01. The molecule has 0 spiro atoms. The van der Waals surface area contributed by atoms with E-state index in [1.165, 1.54) is 6.20 Å². The van der Waals surface area contributed by atoms with Crippen molar-refractivity contribution in [1.82, 2.24) is 9.97 Å². The molecule has 1 aromatic rings. The summed E-state index contributed by atoms with van der Waals surface area (Å²) in [6.45, 7) is 7.11. The first kappa shape index (κ1) is 13.0. The smallest absolute Gasteiger partial charge is 0.222 e. The zero-order valence-electron chi connectivity index (χ0n) is 9.87. The van der Waals surface area contributed by atoms with E-state index >= 15 is 0 Å². The Kier molecular flexibility index (Phi) is 3.30. The van der Waals surface area contributed by atoms with Crippen molar-refractivity contribution in [3.05, 3.63) is 11.2 Å². The third kappa shape index (κ3) is 2.74. The van der Waals surface area contributed by atoms with E-state index in [0.29, 0.717) is 10.8 Å². The second-order valence-corrected chi connectivity index (χ2v) is 5.14. The van der Waals surface area contributed by atoms with Gasteiger partial charge in [0.05, 0.1) is 17.3 Å². The molecule has 4 N–H and O–H groups in total. The van der Waals surface area contributed by atoms with Gasteiger partial charge in [-0.05, 0) is 27.7 Å². The van der Waals surface area contributed by atoms with Gasteiger partial charge in [0.1, 0.15) is 5.02 Å². The largest absolute Gasteiger partial charge is 0.388 e. The minimum absolute atomic E-state index is 0.137. The van der Waals surface area contributed by atoms with Crippen molar-refractivity contribution < 1.29 is 5.11 Å². The van der Waals surface area contributed by atoms with Crippen LogP contribution >= 0.6 is 11.6 Å². The van der Waals surface area contributed by atoms with Gasteiger partial charge in [-0.25, -0.2) is 4.98 Å². The lowest BCUT2D eigenvalue weighted by atomic mass is 9.86. The molecule has 90 valence electrons.